The van der Waals surface area contributed by atoms with Crippen LogP contribution in [0.25, 0.3) is 5.57 Å². The Balaban J connectivity index is 2.07. The fraction of sp³-hybridized carbons (Fsp3) is 0.158. The Morgan fingerprint density at radius 2 is 1.88 bits per heavy atom. The number of carbonyl (C=O) groups is 1. The highest BCUT2D eigenvalue weighted by Gasteiger charge is 2.37. The Bertz CT molecular complexity index is 1020. The lowest BCUT2D eigenvalue weighted by Gasteiger charge is -2.36. The monoisotopic (exact) mass is 368 g/mol. The van der Waals surface area contributed by atoms with E-state index in [9.17, 15) is 18.5 Å². The molecule has 0 bridgehead atoms. The summed E-state index contributed by atoms with van der Waals surface area (Å²) < 4.78 is 27.5. The molecule has 0 spiro atoms. The van der Waals surface area contributed by atoms with Crippen LogP contribution in [-0.4, -0.2) is 30.3 Å². The number of sulfonamides is 1. The van der Waals surface area contributed by atoms with Gasteiger partial charge in [0, 0.05) is 6.54 Å². The summed E-state index contributed by atoms with van der Waals surface area (Å²) in [6.07, 6.45) is 0.0106. The molecule has 7 heteroatoms. The van der Waals surface area contributed by atoms with Crippen molar-refractivity contribution in [3.05, 3.63) is 71.8 Å². The maximum Gasteiger partial charge on any atom is 0.335 e. The standard InChI is InChI=1S/C19H16N2O4S/c1-13-12-21(18(10-11-20)17-5-3-2-4-16(13)17)26(24,25)15-8-6-14(7-9-15)19(22)23/h2-9,18H,1,10,12H2,(H,22,23). The summed E-state index contributed by atoms with van der Waals surface area (Å²) in [5.74, 6) is -1.13. The minimum atomic E-state index is -3.92. The molecule has 0 saturated heterocycles. The summed E-state index contributed by atoms with van der Waals surface area (Å²) in [5, 5.41) is 18.2. The molecule has 0 amide bonds. The first kappa shape index (κ1) is 17.9. The van der Waals surface area contributed by atoms with E-state index < -0.39 is 22.0 Å². The Labute approximate surface area is 151 Å². The van der Waals surface area contributed by atoms with Gasteiger partial charge in [-0.2, -0.15) is 9.57 Å². The number of nitriles is 1. The Kier molecular flexibility index (Phi) is 4.64. The smallest absolute Gasteiger partial charge is 0.335 e. The minimum absolute atomic E-state index is 0.00549. The van der Waals surface area contributed by atoms with E-state index in [-0.39, 0.29) is 23.4 Å². The highest BCUT2D eigenvalue weighted by molar-refractivity contribution is 7.89. The van der Waals surface area contributed by atoms with Crippen LogP contribution < -0.4 is 0 Å². The van der Waals surface area contributed by atoms with Crippen molar-refractivity contribution in [2.24, 2.45) is 0 Å². The second-order valence-corrected chi connectivity index (χ2v) is 7.84. The van der Waals surface area contributed by atoms with Gasteiger partial charge in [-0.05, 0) is 41.0 Å². The van der Waals surface area contributed by atoms with Crippen LogP contribution in [-0.2, 0) is 10.0 Å². The van der Waals surface area contributed by atoms with E-state index in [0.29, 0.717) is 5.57 Å². The van der Waals surface area contributed by atoms with Crippen LogP contribution >= 0.6 is 0 Å². The van der Waals surface area contributed by atoms with E-state index in [4.69, 9.17) is 5.11 Å². The van der Waals surface area contributed by atoms with Crippen molar-refractivity contribution >= 4 is 21.6 Å². The summed E-state index contributed by atoms with van der Waals surface area (Å²) in [6, 6.07) is 13.8. The van der Waals surface area contributed by atoms with E-state index in [1.54, 1.807) is 12.1 Å². The van der Waals surface area contributed by atoms with Crippen LogP contribution in [0.15, 0.2) is 60.0 Å². The van der Waals surface area contributed by atoms with Crippen LogP contribution in [0.3, 0.4) is 0 Å². The Morgan fingerprint density at radius 1 is 1.23 bits per heavy atom. The van der Waals surface area contributed by atoms with Crippen LogP contribution in [0.5, 0.6) is 0 Å². The zero-order valence-electron chi connectivity index (χ0n) is 13.8. The number of aromatic carboxylic acids is 1. The fourth-order valence-electron chi connectivity index (χ4n) is 3.10. The lowest BCUT2D eigenvalue weighted by molar-refractivity contribution is 0.0696. The van der Waals surface area contributed by atoms with Crippen molar-refractivity contribution in [1.82, 2.24) is 4.31 Å². The summed E-state index contributed by atoms with van der Waals surface area (Å²) in [6.45, 7) is 4.05. The van der Waals surface area contributed by atoms with Gasteiger partial charge in [0.2, 0.25) is 10.0 Å². The molecular weight excluding hydrogens is 352 g/mol. The van der Waals surface area contributed by atoms with Crippen LogP contribution in [0, 0.1) is 11.3 Å². The molecule has 2 aromatic rings. The molecule has 132 valence electrons. The molecule has 3 rings (SSSR count). The molecule has 0 aromatic heterocycles. The maximum atomic E-state index is 13.1. The SMILES string of the molecule is C=C1CN(S(=O)(=O)c2ccc(C(=O)O)cc2)C(CC#N)c2ccccc21. The van der Waals surface area contributed by atoms with E-state index in [1.165, 1.54) is 28.6 Å². The van der Waals surface area contributed by atoms with Crippen molar-refractivity contribution in [3.63, 3.8) is 0 Å². The number of fused-ring (bicyclic) bond motifs is 1. The average Bonchev–Trinajstić information content (AvgIpc) is 2.64. The molecule has 0 saturated carbocycles. The molecule has 1 atom stereocenters. The molecule has 2 aromatic carbocycles. The first-order valence-corrected chi connectivity index (χ1v) is 9.29. The van der Waals surface area contributed by atoms with Gasteiger partial charge in [-0.3, -0.25) is 0 Å². The zero-order valence-corrected chi connectivity index (χ0v) is 14.6. The largest absolute Gasteiger partial charge is 0.478 e. The molecule has 1 aliphatic rings. The first-order chi connectivity index (χ1) is 12.4. The molecule has 0 aliphatic carbocycles. The maximum absolute atomic E-state index is 13.1. The third kappa shape index (κ3) is 3.01. The van der Waals surface area contributed by atoms with Crippen molar-refractivity contribution in [1.29, 1.82) is 5.26 Å². The van der Waals surface area contributed by atoms with E-state index in [1.807, 2.05) is 12.1 Å². The van der Waals surface area contributed by atoms with Crippen molar-refractivity contribution in [3.8, 4) is 6.07 Å². The lowest BCUT2D eigenvalue weighted by Crippen LogP contribution is -2.39. The number of nitrogens with zero attached hydrogens (tertiary/aromatic N) is 2. The third-order valence-corrected chi connectivity index (χ3v) is 6.26. The number of hydrogen-bond donors (Lipinski definition) is 1. The lowest BCUT2D eigenvalue weighted by atomic mass is 9.90. The van der Waals surface area contributed by atoms with Crippen molar-refractivity contribution < 1.29 is 18.3 Å². The summed E-state index contributed by atoms with van der Waals surface area (Å²) >= 11 is 0. The van der Waals surface area contributed by atoms with Gasteiger partial charge >= 0.3 is 5.97 Å². The molecule has 1 aliphatic heterocycles. The average molecular weight is 368 g/mol. The van der Waals surface area contributed by atoms with Gasteiger partial charge in [-0.25, -0.2) is 13.2 Å². The summed E-state index contributed by atoms with van der Waals surface area (Å²) in [5.41, 5.74) is 2.27. The number of benzene rings is 2. The van der Waals surface area contributed by atoms with Gasteiger partial charge in [0.1, 0.15) is 0 Å². The van der Waals surface area contributed by atoms with Crippen LogP contribution in [0.4, 0.5) is 0 Å². The quantitative estimate of drug-likeness (QED) is 0.894. The fourth-order valence-corrected chi connectivity index (χ4v) is 4.70. The Hall–Kier alpha value is -2.95. The van der Waals surface area contributed by atoms with Gasteiger partial charge < -0.3 is 5.11 Å². The third-order valence-electron chi connectivity index (χ3n) is 4.39. The molecular formula is C19H16N2O4S. The van der Waals surface area contributed by atoms with E-state index in [2.05, 4.69) is 12.6 Å². The number of carboxylic acids is 1. The summed E-state index contributed by atoms with van der Waals surface area (Å²) in [4.78, 5) is 11.0. The van der Waals surface area contributed by atoms with Crippen LogP contribution in [0.2, 0.25) is 0 Å². The van der Waals surface area contributed by atoms with Gasteiger partial charge in [0.05, 0.1) is 29.0 Å². The molecule has 26 heavy (non-hydrogen) atoms. The highest BCUT2D eigenvalue weighted by Crippen LogP contribution is 2.39. The predicted octanol–water partition coefficient (Wildman–Crippen LogP) is 3.06. The second kappa shape index (κ2) is 6.75. The minimum Gasteiger partial charge on any atom is -0.478 e. The van der Waals surface area contributed by atoms with Gasteiger partial charge in [-0.15, -0.1) is 0 Å². The van der Waals surface area contributed by atoms with Gasteiger partial charge in [0.15, 0.2) is 0 Å². The van der Waals surface area contributed by atoms with E-state index in [0.717, 1.165) is 11.1 Å². The number of hydrogen-bond acceptors (Lipinski definition) is 4. The molecule has 1 unspecified atom stereocenters. The zero-order chi connectivity index (χ0) is 18.9. The summed E-state index contributed by atoms with van der Waals surface area (Å²) in [7, 11) is -3.92. The number of rotatable bonds is 4. The van der Waals surface area contributed by atoms with Crippen molar-refractivity contribution in [2.45, 2.75) is 17.4 Å². The molecule has 0 radical (unpaired) electrons. The first-order valence-electron chi connectivity index (χ1n) is 7.85. The van der Waals surface area contributed by atoms with Crippen LogP contribution in [0.1, 0.15) is 33.9 Å². The molecule has 0 fully saturated rings. The molecule has 6 nitrogen and oxygen atoms in total. The second-order valence-electron chi connectivity index (χ2n) is 5.95. The van der Waals surface area contributed by atoms with Gasteiger partial charge in [-0.1, -0.05) is 30.8 Å². The molecule has 1 N–H and O–H groups in total. The van der Waals surface area contributed by atoms with E-state index >= 15 is 0 Å². The van der Waals surface area contributed by atoms with Gasteiger partial charge in [0.25, 0.3) is 0 Å². The Morgan fingerprint density at radius 3 is 2.50 bits per heavy atom. The molecule has 1 heterocycles. The highest BCUT2D eigenvalue weighted by atomic mass is 32.2. The number of carboxylic acid groups (broad SMARTS) is 1. The topological polar surface area (TPSA) is 98.5 Å². The predicted molar refractivity (Wildman–Crippen MR) is 95.7 cm³/mol. The van der Waals surface area contributed by atoms with Crippen molar-refractivity contribution in [2.75, 3.05) is 6.54 Å². The normalized spacial score (nSPS) is 17.3.